The Hall–Kier alpha value is -2.77. The molecule has 2 aliphatic carbocycles. The zero-order chi connectivity index (χ0) is 20.1. The highest BCUT2D eigenvalue weighted by molar-refractivity contribution is 8.00. The van der Waals surface area contributed by atoms with Gasteiger partial charge in [-0.3, -0.25) is 0 Å². The number of benzene rings is 3. The molecule has 0 amide bonds. The molecule has 0 fully saturated rings. The maximum atomic E-state index is 2.55. The van der Waals surface area contributed by atoms with Crippen molar-refractivity contribution in [2.75, 3.05) is 0 Å². The van der Waals surface area contributed by atoms with Crippen molar-refractivity contribution < 1.29 is 0 Å². The highest BCUT2D eigenvalue weighted by atomic mass is 32.2. The number of rotatable bonds is 2. The van der Waals surface area contributed by atoms with E-state index < -0.39 is 0 Å². The van der Waals surface area contributed by atoms with E-state index in [0.717, 1.165) is 6.42 Å². The average Bonchev–Trinajstić information content (AvgIpc) is 3.18. The fourth-order valence-electron chi connectivity index (χ4n) is 5.03. The molecule has 0 spiro atoms. The topological polar surface area (TPSA) is 0 Å². The van der Waals surface area contributed by atoms with Gasteiger partial charge in [-0.05, 0) is 46.4 Å². The number of aryl methyl sites for hydroxylation is 1. The van der Waals surface area contributed by atoms with Crippen LogP contribution in [-0.2, 0) is 0 Å². The van der Waals surface area contributed by atoms with Gasteiger partial charge >= 0.3 is 0 Å². The van der Waals surface area contributed by atoms with Crippen LogP contribution in [0.4, 0.5) is 0 Å². The van der Waals surface area contributed by atoms with Gasteiger partial charge in [0.05, 0.1) is 0 Å². The Labute approximate surface area is 182 Å². The molecule has 0 radical (unpaired) electrons. The summed E-state index contributed by atoms with van der Waals surface area (Å²) in [5.41, 5.74) is 6.95. The first-order chi connectivity index (χ1) is 14.8. The van der Waals surface area contributed by atoms with Crippen LogP contribution in [0.25, 0.3) is 16.3 Å². The minimum absolute atomic E-state index is 0.456. The van der Waals surface area contributed by atoms with Crippen molar-refractivity contribution in [2.45, 2.75) is 29.4 Å². The molecule has 3 aromatic rings. The Kier molecular flexibility index (Phi) is 4.32. The van der Waals surface area contributed by atoms with Gasteiger partial charge in [0.25, 0.3) is 0 Å². The molecule has 3 atom stereocenters. The summed E-state index contributed by atoms with van der Waals surface area (Å²) in [6, 6.07) is 22.3. The second-order valence-electron chi connectivity index (χ2n) is 8.58. The van der Waals surface area contributed by atoms with Crippen molar-refractivity contribution in [3.05, 3.63) is 119 Å². The zero-order valence-electron chi connectivity index (χ0n) is 17.1. The summed E-state index contributed by atoms with van der Waals surface area (Å²) >= 11 is 2.04. The third-order valence-corrected chi connectivity index (χ3v) is 7.99. The number of allylic oxidation sites excluding steroid dienone is 7. The number of hydrogen-bond acceptors (Lipinski definition) is 1. The molecule has 146 valence electrons. The summed E-state index contributed by atoms with van der Waals surface area (Å²) in [7, 11) is 0. The smallest absolute Gasteiger partial charge is 0.0381 e. The van der Waals surface area contributed by atoms with Crippen LogP contribution in [0.5, 0.6) is 0 Å². The standard InChI is InChI=1S/C29H24S/c1-19-6-4-8-21(16-19)22-9-5-10-23(17-22)24-13-15-28-27(18-24)26-14-12-20-7-2-3-11-25(20)29(26)30-28/h2-9,11-18,23,27-28H,10H2,1H3. The van der Waals surface area contributed by atoms with Crippen LogP contribution in [0, 0.1) is 12.8 Å². The van der Waals surface area contributed by atoms with Crippen molar-refractivity contribution in [3.8, 4) is 0 Å². The van der Waals surface area contributed by atoms with Crippen LogP contribution in [0.2, 0.25) is 0 Å². The summed E-state index contributed by atoms with van der Waals surface area (Å²) < 4.78 is 0. The fraction of sp³-hybridized carbons (Fsp3) is 0.172. The largest absolute Gasteiger partial charge is 0.117 e. The van der Waals surface area contributed by atoms with Crippen molar-refractivity contribution in [1.82, 2.24) is 0 Å². The quantitative estimate of drug-likeness (QED) is 0.419. The average molecular weight is 405 g/mol. The SMILES string of the molecule is Cc1cccc(C2=CC(C3=CC4c5ccc6ccccc6c5SC4C=C3)CC=C2)c1. The first-order valence-electron chi connectivity index (χ1n) is 10.8. The van der Waals surface area contributed by atoms with Crippen LogP contribution in [0.15, 0.2) is 108 Å². The maximum Gasteiger partial charge on any atom is 0.0381 e. The van der Waals surface area contributed by atoms with E-state index in [1.165, 1.54) is 43.5 Å². The Bertz CT molecular complexity index is 1270. The molecular formula is C29H24S. The molecule has 0 aromatic heterocycles. The first kappa shape index (κ1) is 18.0. The predicted molar refractivity (Wildman–Crippen MR) is 130 cm³/mol. The lowest BCUT2D eigenvalue weighted by molar-refractivity contribution is 0.756. The van der Waals surface area contributed by atoms with Gasteiger partial charge in [0.2, 0.25) is 0 Å². The van der Waals surface area contributed by atoms with Crippen LogP contribution < -0.4 is 0 Å². The predicted octanol–water partition coefficient (Wildman–Crippen LogP) is 7.86. The van der Waals surface area contributed by atoms with E-state index in [2.05, 4.69) is 104 Å². The van der Waals surface area contributed by atoms with Crippen LogP contribution >= 0.6 is 11.8 Å². The minimum atomic E-state index is 0.456. The molecule has 0 saturated carbocycles. The summed E-state index contributed by atoms with van der Waals surface area (Å²) in [6.07, 6.45) is 15.6. The third kappa shape index (κ3) is 3.00. The Morgan fingerprint density at radius 2 is 1.83 bits per heavy atom. The van der Waals surface area contributed by atoms with Crippen molar-refractivity contribution in [2.24, 2.45) is 5.92 Å². The summed E-state index contributed by atoms with van der Waals surface area (Å²) in [5.74, 6) is 0.938. The molecule has 0 bridgehead atoms. The molecule has 1 heteroatoms. The highest BCUT2D eigenvalue weighted by Crippen LogP contribution is 2.52. The summed E-state index contributed by atoms with van der Waals surface area (Å²) in [6.45, 7) is 2.17. The van der Waals surface area contributed by atoms with Gasteiger partial charge in [0.1, 0.15) is 0 Å². The van der Waals surface area contributed by atoms with E-state index in [9.17, 15) is 0 Å². The molecule has 0 N–H and O–H groups in total. The molecule has 0 saturated heterocycles. The number of hydrogen-bond donors (Lipinski definition) is 0. The molecule has 3 aliphatic rings. The van der Waals surface area contributed by atoms with E-state index in [-0.39, 0.29) is 0 Å². The van der Waals surface area contributed by atoms with E-state index in [4.69, 9.17) is 0 Å². The molecule has 3 aromatic carbocycles. The molecular weight excluding hydrogens is 380 g/mol. The van der Waals surface area contributed by atoms with Crippen molar-refractivity contribution in [1.29, 1.82) is 0 Å². The molecule has 6 rings (SSSR count). The monoisotopic (exact) mass is 404 g/mol. The van der Waals surface area contributed by atoms with Crippen LogP contribution in [0.1, 0.15) is 29.0 Å². The lowest BCUT2D eigenvalue weighted by Gasteiger charge is -2.24. The Balaban J connectivity index is 1.36. The maximum absolute atomic E-state index is 2.55. The normalized spacial score (nSPS) is 24.4. The van der Waals surface area contributed by atoms with Gasteiger partial charge in [0, 0.05) is 22.0 Å². The lowest BCUT2D eigenvalue weighted by atomic mass is 9.81. The van der Waals surface area contributed by atoms with E-state index in [1.807, 2.05) is 11.8 Å². The van der Waals surface area contributed by atoms with Crippen LogP contribution in [-0.4, -0.2) is 5.25 Å². The summed E-state index contributed by atoms with van der Waals surface area (Å²) in [4.78, 5) is 1.48. The fourth-order valence-corrected chi connectivity index (χ4v) is 6.49. The molecule has 30 heavy (non-hydrogen) atoms. The van der Waals surface area contributed by atoms with Crippen molar-refractivity contribution in [3.63, 3.8) is 0 Å². The highest BCUT2D eigenvalue weighted by Gasteiger charge is 2.34. The van der Waals surface area contributed by atoms with Crippen molar-refractivity contribution >= 4 is 28.1 Å². The lowest BCUT2D eigenvalue weighted by Crippen LogP contribution is -2.13. The van der Waals surface area contributed by atoms with Gasteiger partial charge in [-0.15, -0.1) is 11.8 Å². The number of thioether (sulfide) groups is 1. The Morgan fingerprint density at radius 1 is 0.900 bits per heavy atom. The van der Waals surface area contributed by atoms with Gasteiger partial charge < -0.3 is 0 Å². The second-order valence-corrected chi connectivity index (χ2v) is 9.76. The van der Waals surface area contributed by atoms with Gasteiger partial charge in [-0.2, -0.15) is 0 Å². The minimum Gasteiger partial charge on any atom is -0.117 e. The first-order valence-corrected chi connectivity index (χ1v) is 11.7. The molecule has 1 heterocycles. The van der Waals surface area contributed by atoms with E-state index in [0.29, 0.717) is 17.1 Å². The van der Waals surface area contributed by atoms with Gasteiger partial charge in [-0.1, -0.05) is 103 Å². The van der Waals surface area contributed by atoms with Crippen LogP contribution in [0.3, 0.4) is 0 Å². The van der Waals surface area contributed by atoms with Gasteiger partial charge in [0.15, 0.2) is 0 Å². The Morgan fingerprint density at radius 3 is 2.77 bits per heavy atom. The zero-order valence-corrected chi connectivity index (χ0v) is 17.9. The summed E-state index contributed by atoms with van der Waals surface area (Å²) in [5, 5.41) is 3.27. The van der Waals surface area contributed by atoms with Gasteiger partial charge in [-0.25, -0.2) is 0 Å². The van der Waals surface area contributed by atoms with E-state index >= 15 is 0 Å². The molecule has 0 nitrogen and oxygen atoms in total. The molecule has 1 aliphatic heterocycles. The second kappa shape index (κ2) is 7.18. The number of fused-ring (bicyclic) bond motifs is 5. The third-order valence-electron chi connectivity index (χ3n) is 6.58. The molecule has 3 unspecified atom stereocenters. The van der Waals surface area contributed by atoms with E-state index in [1.54, 1.807) is 0 Å².